The standard InChI is InChI=1S/C16H25N3O2/c1-4-21-16(20)19-10-8-13(9-11-19)17-14-6-5-7-15(12-14)18(2)3/h5-7,12-13,17H,4,8-11H2,1-3H3. The lowest BCUT2D eigenvalue weighted by Crippen LogP contribution is -2.42. The zero-order valence-corrected chi connectivity index (χ0v) is 13.1. The van der Waals surface area contributed by atoms with Crippen molar-refractivity contribution < 1.29 is 9.53 Å². The van der Waals surface area contributed by atoms with Gasteiger partial charge in [-0.05, 0) is 38.0 Å². The van der Waals surface area contributed by atoms with Crippen molar-refractivity contribution >= 4 is 17.5 Å². The molecule has 1 aromatic rings. The molecule has 0 unspecified atom stereocenters. The van der Waals surface area contributed by atoms with Crippen LogP contribution in [0.1, 0.15) is 19.8 Å². The van der Waals surface area contributed by atoms with Gasteiger partial charge in [0.15, 0.2) is 0 Å². The molecule has 1 aliphatic rings. The van der Waals surface area contributed by atoms with Gasteiger partial charge in [-0.15, -0.1) is 0 Å². The maximum Gasteiger partial charge on any atom is 0.409 e. The number of ether oxygens (including phenoxy) is 1. The minimum Gasteiger partial charge on any atom is -0.450 e. The number of carbonyl (C=O) groups excluding carboxylic acids is 1. The van der Waals surface area contributed by atoms with Crippen molar-refractivity contribution in [3.05, 3.63) is 24.3 Å². The Bertz CT molecular complexity index is 468. The summed E-state index contributed by atoms with van der Waals surface area (Å²) in [5.74, 6) is 0. The Labute approximate surface area is 126 Å². The van der Waals surface area contributed by atoms with Crippen molar-refractivity contribution in [3.8, 4) is 0 Å². The Balaban J connectivity index is 1.86. The van der Waals surface area contributed by atoms with E-state index in [1.807, 2.05) is 21.0 Å². The molecule has 116 valence electrons. The number of hydrogen-bond donors (Lipinski definition) is 1. The Morgan fingerprint density at radius 3 is 2.71 bits per heavy atom. The SMILES string of the molecule is CCOC(=O)N1CCC(Nc2cccc(N(C)C)c2)CC1. The van der Waals surface area contributed by atoms with Gasteiger partial charge in [0.2, 0.25) is 0 Å². The number of carbonyl (C=O) groups is 1. The molecule has 0 spiro atoms. The van der Waals surface area contributed by atoms with Gasteiger partial charge in [-0.3, -0.25) is 0 Å². The molecular weight excluding hydrogens is 266 g/mol. The lowest BCUT2D eigenvalue weighted by molar-refractivity contribution is 0.0983. The quantitative estimate of drug-likeness (QED) is 0.926. The number of nitrogens with zero attached hydrogens (tertiary/aromatic N) is 2. The lowest BCUT2D eigenvalue weighted by atomic mass is 10.0. The van der Waals surface area contributed by atoms with Gasteiger partial charge < -0.3 is 19.9 Å². The van der Waals surface area contributed by atoms with E-state index in [4.69, 9.17) is 4.74 Å². The normalized spacial score (nSPS) is 15.7. The average molecular weight is 291 g/mol. The molecule has 0 radical (unpaired) electrons. The van der Waals surface area contributed by atoms with Crippen LogP contribution < -0.4 is 10.2 Å². The summed E-state index contributed by atoms with van der Waals surface area (Å²) in [6.07, 6.45) is 1.71. The summed E-state index contributed by atoms with van der Waals surface area (Å²) in [6, 6.07) is 8.80. The van der Waals surface area contributed by atoms with Crippen molar-refractivity contribution in [2.24, 2.45) is 0 Å². The molecule has 1 aromatic carbocycles. The minimum absolute atomic E-state index is 0.189. The van der Waals surface area contributed by atoms with Crippen molar-refractivity contribution in [2.75, 3.05) is 44.0 Å². The molecule has 1 N–H and O–H groups in total. The van der Waals surface area contributed by atoms with Gasteiger partial charge in [-0.2, -0.15) is 0 Å². The number of likely N-dealkylation sites (tertiary alicyclic amines) is 1. The van der Waals surface area contributed by atoms with E-state index in [9.17, 15) is 4.79 Å². The van der Waals surface area contributed by atoms with Crippen LogP contribution in [-0.2, 0) is 4.74 Å². The Morgan fingerprint density at radius 1 is 1.38 bits per heavy atom. The third-order valence-corrected chi connectivity index (χ3v) is 3.75. The van der Waals surface area contributed by atoms with Crippen molar-refractivity contribution in [2.45, 2.75) is 25.8 Å². The number of piperidine rings is 1. The van der Waals surface area contributed by atoms with Gasteiger partial charge in [-0.1, -0.05) is 6.07 Å². The highest BCUT2D eigenvalue weighted by Crippen LogP contribution is 2.21. The third-order valence-electron chi connectivity index (χ3n) is 3.75. The zero-order valence-electron chi connectivity index (χ0n) is 13.1. The topological polar surface area (TPSA) is 44.8 Å². The minimum atomic E-state index is -0.189. The fourth-order valence-corrected chi connectivity index (χ4v) is 2.53. The molecule has 1 heterocycles. The van der Waals surface area contributed by atoms with Crippen LogP contribution in [0.3, 0.4) is 0 Å². The van der Waals surface area contributed by atoms with Gasteiger partial charge in [0.05, 0.1) is 6.61 Å². The highest BCUT2D eigenvalue weighted by Gasteiger charge is 2.23. The summed E-state index contributed by atoms with van der Waals surface area (Å²) in [6.45, 7) is 3.78. The molecule has 21 heavy (non-hydrogen) atoms. The first-order valence-corrected chi connectivity index (χ1v) is 7.55. The van der Waals surface area contributed by atoms with E-state index in [1.54, 1.807) is 4.90 Å². The van der Waals surface area contributed by atoms with Crippen LogP contribution in [0.2, 0.25) is 0 Å². The van der Waals surface area contributed by atoms with Crippen LogP contribution in [0.15, 0.2) is 24.3 Å². The maximum absolute atomic E-state index is 11.7. The molecule has 1 saturated heterocycles. The van der Waals surface area contributed by atoms with Crippen LogP contribution in [0.4, 0.5) is 16.2 Å². The molecule has 5 nitrogen and oxygen atoms in total. The van der Waals surface area contributed by atoms with E-state index in [1.165, 1.54) is 5.69 Å². The first-order chi connectivity index (χ1) is 10.1. The molecule has 0 saturated carbocycles. The molecule has 0 aromatic heterocycles. The van der Waals surface area contributed by atoms with E-state index in [0.717, 1.165) is 31.6 Å². The molecule has 0 bridgehead atoms. The van der Waals surface area contributed by atoms with Gasteiger partial charge >= 0.3 is 6.09 Å². The first-order valence-electron chi connectivity index (χ1n) is 7.55. The van der Waals surface area contributed by atoms with Gasteiger partial charge in [0, 0.05) is 44.6 Å². The number of hydrogen-bond acceptors (Lipinski definition) is 4. The summed E-state index contributed by atoms with van der Waals surface area (Å²) in [5.41, 5.74) is 2.32. The highest BCUT2D eigenvalue weighted by atomic mass is 16.6. The Hall–Kier alpha value is -1.91. The number of nitrogens with one attached hydrogen (secondary N) is 1. The monoisotopic (exact) mass is 291 g/mol. The van der Waals surface area contributed by atoms with Crippen LogP contribution in [0, 0.1) is 0 Å². The zero-order chi connectivity index (χ0) is 15.2. The molecule has 5 heteroatoms. The van der Waals surface area contributed by atoms with Gasteiger partial charge in [0.1, 0.15) is 0 Å². The Kier molecular flexibility index (Phi) is 5.31. The average Bonchev–Trinajstić information content (AvgIpc) is 2.48. The number of anilines is 2. The number of amides is 1. The second-order valence-electron chi connectivity index (χ2n) is 5.55. The summed E-state index contributed by atoms with van der Waals surface area (Å²) in [4.78, 5) is 15.5. The summed E-state index contributed by atoms with van der Waals surface area (Å²) < 4.78 is 5.04. The molecule has 0 atom stereocenters. The first kappa shape index (κ1) is 15.5. The third kappa shape index (κ3) is 4.28. The van der Waals surface area contributed by atoms with Crippen LogP contribution in [-0.4, -0.2) is 50.8 Å². The molecule has 1 amide bonds. The lowest BCUT2D eigenvalue weighted by Gasteiger charge is -2.32. The van der Waals surface area contributed by atoms with E-state index in [2.05, 4.69) is 34.5 Å². The van der Waals surface area contributed by atoms with E-state index in [-0.39, 0.29) is 6.09 Å². The number of rotatable bonds is 4. The fourth-order valence-electron chi connectivity index (χ4n) is 2.53. The second-order valence-corrected chi connectivity index (χ2v) is 5.55. The largest absolute Gasteiger partial charge is 0.450 e. The molecule has 2 rings (SSSR count). The molecule has 1 aliphatic heterocycles. The van der Waals surface area contributed by atoms with Crippen LogP contribution in [0.5, 0.6) is 0 Å². The Morgan fingerprint density at radius 2 is 2.10 bits per heavy atom. The molecule has 1 fully saturated rings. The van der Waals surface area contributed by atoms with Crippen LogP contribution >= 0.6 is 0 Å². The van der Waals surface area contributed by atoms with E-state index < -0.39 is 0 Å². The molecular formula is C16H25N3O2. The van der Waals surface area contributed by atoms with Crippen LogP contribution in [0.25, 0.3) is 0 Å². The predicted molar refractivity (Wildman–Crippen MR) is 86.0 cm³/mol. The highest BCUT2D eigenvalue weighted by molar-refractivity contribution is 5.67. The summed E-state index contributed by atoms with van der Waals surface area (Å²) >= 11 is 0. The summed E-state index contributed by atoms with van der Waals surface area (Å²) in [5, 5.41) is 3.56. The predicted octanol–water partition coefficient (Wildman–Crippen LogP) is 2.79. The second kappa shape index (κ2) is 7.20. The number of benzene rings is 1. The van der Waals surface area contributed by atoms with Crippen molar-refractivity contribution in [1.82, 2.24) is 4.90 Å². The van der Waals surface area contributed by atoms with Gasteiger partial charge in [0.25, 0.3) is 0 Å². The van der Waals surface area contributed by atoms with Crippen molar-refractivity contribution in [1.29, 1.82) is 0 Å². The van der Waals surface area contributed by atoms with E-state index in [0.29, 0.717) is 12.6 Å². The van der Waals surface area contributed by atoms with Gasteiger partial charge in [-0.25, -0.2) is 4.79 Å². The smallest absolute Gasteiger partial charge is 0.409 e. The van der Waals surface area contributed by atoms with E-state index >= 15 is 0 Å². The fraction of sp³-hybridized carbons (Fsp3) is 0.562. The van der Waals surface area contributed by atoms with Crippen molar-refractivity contribution in [3.63, 3.8) is 0 Å². The molecule has 0 aliphatic carbocycles. The summed E-state index contributed by atoms with van der Waals surface area (Å²) in [7, 11) is 4.08. The maximum atomic E-state index is 11.7.